The van der Waals surface area contributed by atoms with Crippen molar-refractivity contribution in [3.63, 3.8) is 0 Å². The highest BCUT2D eigenvalue weighted by molar-refractivity contribution is 7.14. The number of carbonyl (C=O) groups excluding carboxylic acids is 2. The van der Waals surface area contributed by atoms with Crippen LogP contribution in [0.1, 0.15) is 15.9 Å². The first kappa shape index (κ1) is 24.6. The number of nitrogens with one attached hydrogen (secondary N) is 2. The van der Waals surface area contributed by atoms with Gasteiger partial charge in [0.2, 0.25) is 11.7 Å². The Morgan fingerprint density at radius 1 is 1.06 bits per heavy atom. The minimum absolute atomic E-state index is 0.0354. The zero-order valence-electron chi connectivity index (χ0n) is 17.9. The van der Waals surface area contributed by atoms with Crippen molar-refractivity contribution in [2.75, 3.05) is 32.0 Å². The number of thiophene rings is 1. The maximum atomic E-state index is 13.6. The van der Waals surface area contributed by atoms with E-state index in [1.54, 1.807) is 0 Å². The molecule has 4 N–H and O–H groups in total. The number of primary amides is 1. The van der Waals surface area contributed by atoms with Gasteiger partial charge in [-0.1, -0.05) is 0 Å². The van der Waals surface area contributed by atoms with Crippen LogP contribution in [0.4, 0.5) is 35.6 Å². The Balaban J connectivity index is 2.02. The van der Waals surface area contributed by atoms with E-state index in [0.717, 1.165) is 11.3 Å². The predicted octanol–water partition coefficient (Wildman–Crippen LogP) is 3.74. The number of halogens is 3. The molecule has 0 saturated carbocycles. The third-order valence-electron chi connectivity index (χ3n) is 4.38. The number of Topliss-reactive ketones (excluding diaryl/α,β-unsaturated/α-hetero) is 1. The van der Waals surface area contributed by atoms with Crippen LogP contribution in [-0.2, 0) is 11.0 Å². The first-order valence-corrected chi connectivity index (χ1v) is 10.2. The third-order valence-corrected chi connectivity index (χ3v) is 5.21. The molecule has 0 saturated heterocycles. The summed E-state index contributed by atoms with van der Waals surface area (Å²) in [6.45, 7) is 0. The topological polar surface area (TPSA) is 138 Å². The van der Waals surface area contributed by atoms with E-state index < -0.39 is 29.2 Å². The second kappa shape index (κ2) is 9.82. The fraction of sp³-hybridized carbons (Fsp3) is 0.200. The Morgan fingerprint density at radius 2 is 1.71 bits per heavy atom. The lowest BCUT2D eigenvalue weighted by molar-refractivity contribution is -0.137. The molecule has 2 heterocycles. The smallest absolute Gasteiger partial charge is 0.421 e. The molecule has 0 aliphatic rings. The number of anilines is 4. The average Bonchev–Trinajstić information content (AvgIpc) is 3.24. The van der Waals surface area contributed by atoms with Crippen LogP contribution < -0.4 is 30.6 Å². The molecule has 14 heteroatoms. The first-order valence-electron chi connectivity index (χ1n) is 9.29. The highest BCUT2D eigenvalue weighted by atomic mass is 32.1. The maximum absolute atomic E-state index is 13.6. The predicted molar refractivity (Wildman–Crippen MR) is 118 cm³/mol. The van der Waals surface area contributed by atoms with Gasteiger partial charge in [0.25, 0.3) is 11.7 Å². The summed E-state index contributed by atoms with van der Waals surface area (Å²) in [6.07, 6.45) is -4.22. The van der Waals surface area contributed by atoms with Gasteiger partial charge in [-0.25, -0.2) is 4.98 Å². The van der Waals surface area contributed by atoms with Gasteiger partial charge in [-0.3, -0.25) is 9.59 Å². The highest BCUT2D eigenvalue weighted by Gasteiger charge is 2.36. The van der Waals surface area contributed by atoms with Gasteiger partial charge in [0.15, 0.2) is 11.5 Å². The minimum Gasteiger partial charge on any atom is -0.493 e. The van der Waals surface area contributed by atoms with Gasteiger partial charge >= 0.3 is 6.18 Å². The van der Waals surface area contributed by atoms with E-state index >= 15 is 0 Å². The van der Waals surface area contributed by atoms with Gasteiger partial charge in [-0.15, -0.1) is 11.3 Å². The van der Waals surface area contributed by atoms with E-state index in [1.807, 2.05) is 0 Å². The number of amides is 1. The summed E-state index contributed by atoms with van der Waals surface area (Å²) in [5, 5.41) is 6.62. The number of nitrogens with zero attached hydrogens (tertiary/aromatic N) is 2. The summed E-state index contributed by atoms with van der Waals surface area (Å²) in [5.41, 5.74) is 3.98. The number of hydrogen-bond donors (Lipinski definition) is 3. The molecule has 0 unspecified atom stereocenters. The molecule has 3 aromatic rings. The molecule has 0 fully saturated rings. The van der Waals surface area contributed by atoms with Gasteiger partial charge < -0.3 is 30.6 Å². The maximum Gasteiger partial charge on any atom is 0.421 e. The van der Waals surface area contributed by atoms with Crippen LogP contribution in [0, 0.1) is 0 Å². The largest absolute Gasteiger partial charge is 0.493 e. The van der Waals surface area contributed by atoms with Crippen molar-refractivity contribution in [3.8, 4) is 17.2 Å². The summed E-state index contributed by atoms with van der Waals surface area (Å²) >= 11 is 0.898. The molecule has 0 spiro atoms. The lowest BCUT2D eigenvalue weighted by Gasteiger charge is -2.16. The molecule has 0 aliphatic heterocycles. The van der Waals surface area contributed by atoms with Crippen LogP contribution in [0.25, 0.3) is 0 Å². The Morgan fingerprint density at radius 3 is 2.24 bits per heavy atom. The average molecular weight is 497 g/mol. The quantitative estimate of drug-likeness (QED) is 0.298. The molecule has 1 amide bonds. The number of methoxy groups -OCH3 is 3. The van der Waals surface area contributed by atoms with Crippen molar-refractivity contribution in [1.29, 1.82) is 0 Å². The van der Waals surface area contributed by atoms with Crippen molar-refractivity contribution in [2.45, 2.75) is 6.18 Å². The molecule has 0 atom stereocenters. The zero-order valence-corrected chi connectivity index (χ0v) is 18.8. The van der Waals surface area contributed by atoms with Crippen molar-refractivity contribution in [2.24, 2.45) is 5.73 Å². The number of hydrogen-bond acceptors (Lipinski definition) is 10. The summed E-state index contributed by atoms with van der Waals surface area (Å²) in [4.78, 5) is 30.9. The lowest BCUT2D eigenvalue weighted by atomic mass is 10.2. The van der Waals surface area contributed by atoms with E-state index in [9.17, 15) is 22.8 Å². The van der Waals surface area contributed by atoms with Crippen LogP contribution in [0.3, 0.4) is 0 Å². The Bertz CT molecular complexity index is 1210. The van der Waals surface area contributed by atoms with Crippen LogP contribution in [0.15, 0.2) is 29.8 Å². The standard InChI is InChI=1S/C20H18F3N5O5S/c1-31-12-6-9(7-13(32-2)15(12)33-3)26-19-25-8-11(20(21,22)23)17(28-19)27-18-10(4-5-34-18)14(29)16(24)30/h4-8H,1-3H3,(H2,24,30)(H2,25,26,27,28). The van der Waals surface area contributed by atoms with Crippen molar-refractivity contribution >= 4 is 45.5 Å². The number of carbonyl (C=O) groups is 2. The van der Waals surface area contributed by atoms with E-state index in [2.05, 4.69) is 20.6 Å². The molecule has 0 bridgehead atoms. The zero-order chi connectivity index (χ0) is 25.0. The van der Waals surface area contributed by atoms with Gasteiger partial charge in [-0.2, -0.15) is 18.2 Å². The molecule has 180 valence electrons. The molecular weight excluding hydrogens is 479 g/mol. The SMILES string of the molecule is COc1cc(Nc2ncc(C(F)(F)F)c(Nc3sccc3C(=O)C(N)=O)n2)cc(OC)c1OC. The van der Waals surface area contributed by atoms with Crippen LogP contribution >= 0.6 is 11.3 Å². The van der Waals surface area contributed by atoms with E-state index in [0.29, 0.717) is 29.1 Å². The number of nitrogens with two attached hydrogens (primary N) is 1. The van der Waals surface area contributed by atoms with E-state index in [1.165, 1.54) is 44.9 Å². The molecule has 0 aliphatic carbocycles. The number of rotatable bonds is 9. The number of benzene rings is 1. The lowest BCUT2D eigenvalue weighted by Crippen LogP contribution is -2.23. The second-order valence-electron chi connectivity index (χ2n) is 6.47. The number of ketones is 1. The third kappa shape index (κ3) is 5.11. The summed E-state index contributed by atoms with van der Waals surface area (Å²) in [6, 6.07) is 4.29. The summed E-state index contributed by atoms with van der Waals surface area (Å²) in [5.74, 6) is -2.24. The van der Waals surface area contributed by atoms with Gasteiger partial charge in [0, 0.05) is 24.0 Å². The second-order valence-corrected chi connectivity index (χ2v) is 7.39. The molecule has 3 rings (SSSR count). The fourth-order valence-electron chi connectivity index (χ4n) is 2.85. The van der Waals surface area contributed by atoms with E-state index in [4.69, 9.17) is 19.9 Å². The minimum atomic E-state index is -4.81. The van der Waals surface area contributed by atoms with Gasteiger partial charge in [0.05, 0.1) is 26.9 Å². The molecule has 34 heavy (non-hydrogen) atoms. The summed E-state index contributed by atoms with van der Waals surface area (Å²) < 4.78 is 56.5. The van der Waals surface area contributed by atoms with Crippen LogP contribution in [-0.4, -0.2) is 43.0 Å². The Hall–Kier alpha value is -4.07. The molecule has 0 radical (unpaired) electrons. The van der Waals surface area contributed by atoms with Gasteiger partial charge in [-0.05, 0) is 11.4 Å². The fourth-order valence-corrected chi connectivity index (χ4v) is 3.64. The molecule has 10 nitrogen and oxygen atoms in total. The first-order chi connectivity index (χ1) is 16.1. The number of alkyl halides is 3. The van der Waals surface area contributed by atoms with Crippen molar-refractivity contribution < 1.29 is 37.0 Å². The number of ether oxygens (including phenoxy) is 3. The highest BCUT2D eigenvalue weighted by Crippen LogP contribution is 2.41. The molecular formula is C20H18F3N5O5S. The van der Waals surface area contributed by atoms with Crippen molar-refractivity contribution in [3.05, 3.63) is 40.9 Å². The Kier molecular flexibility index (Phi) is 7.10. The number of aromatic nitrogens is 2. The van der Waals surface area contributed by atoms with E-state index in [-0.39, 0.29) is 16.5 Å². The van der Waals surface area contributed by atoms with Crippen LogP contribution in [0.2, 0.25) is 0 Å². The molecule has 2 aromatic heterocycles. The summed E-state index contributed by atoms with van der Waals surface area (Å²) in [7, 11) is 4.24. The van der Waals surface area contributed by atoms with Gasteiger partial charge in [0.1, 0.15) is 16.4 Å². The van der Waals surface area contributed by atoms with Crippen LogP contribution in [0.5, 0.6) is 17.2 Å². The molecule has 1 aromatic carbocycles. The van der Waals surface area contributed by atoms with Crippen molar-refractivity contribution in [1.82, 2.24) is 9.97 Å². The monoisotopic (exact) mass is 497 g/mol. The normalized spacial score (nSPS) is 11.0. The Labute approximate surface area is 194 Å².